The molecule has 2 heterocycles. The van der Waals surface area contributed by atoms with Crippen molar-refractivity contribution in [2.45, 2.75) is 38.8 Å². The van der Waals surface area contributed by atoms with Crippen molar-refractivity contribution < 1.29 is 4.79 Å². The number of rotatable bonds is 8. The van der Waals surface area contributed by atoms with Crippen LogP contribution >= 0.6 is 11.8 Å². The minimum absolute atomic E-state index is 0.0113. The van der Waals surface area contributed by atoms with Gasteiger partial charge >= 0.3 is 0 Å². The lowest BCUT2D eigenvalue weighted by molar-refractivity contribution is -0.118. The standard InChI is InChI=1S/C23H26N6OS/c1-15-10-11-16(2)20(13-15)29-17(3)27-28-23(29)31-14-22(30)24-12-6-9-21-25-18-7-4-5-8-19(18)26-21/h4-5,7-8,10-11,13H,6,9,12,14H2,1-3H3,(H,24,30)(H,25,26). The zero-order chi connectivity index (χ0) is 21.8. The molecule has 0 aliphatic carbocycles. The number of hydrogen-bond acceptors (Lipinski definition) is 5. The Balaban J connectivity index is 1.29. The van der Waals surface area contributed by atoms with Crippen LogP contribution in [0, 0.1) is 20.8 Å². The summed E-state index contributed by atoms with van der Waals surface area (Å²) in [5, 5.41) is 12.2. The molecule has 0 atom stereocenters. The summed E-state index contributed by atoms with van der Waals surface area (Å²) in [7, 11) is 0. The maximum absolute atomic E-state index is 12.3. The molecular weight excluding hydrogens is 408 g/mol. The molecule has 31 heavy (non-hydrogen) atoms. The fourth-order valence-electron chi connectivity index (χ4n) is 3.46. The van der Waals surface area contributed by atoms with Gasteiger partial charge in [-0.1, -0.05) is 36.0 Å². The topological polar surface area (TPSA) is 88.5 Å². The van der Waals surface area contributed by atoms with E-state index in [1.807, 2.05) is 35.8 Å². The number of amides is 1. The van der Waals surface area contributed by atoms with Gasteiger partial charge in [-0.05, 0) is 56.5 Å². The molecule has 4 rings (SSSR count). The maximum Gasteiger partial charge on any atom is 0.230 e. The first-order chi connectivity index (χ1) is 15.0. The number of aromatic amines is 1. The van der Waals surface area contributed by atoms with Gasteiger partial charge in [-0.25, -0.2) is 4.98 Å². The highest BCUT2D eigenvalue weighted by atomic mass is 32.2. The summed E-state index contributed by atoms with van der Waals surface area (Å²) in [6.45, 7) is 6.67. The zero-order valence-electron chi connectivity index (χ0n) is 18.0. The molecule has 0 aliphatic rings. The second-order valence-corrected chi connectivity index (χ2v) is 8.54. The lowest BCUT2D eigenvalue weighted by Crippen LogP contribution is -2.26. The molecule has 2 aromatic heterocycles. The highest BCUT2D eigenvalue weighted by molar-refractivity contribution is 7.99. The van der Waals surface area contributed by atoms with Gasteiger partial charge in [-0.15, -0.1) is 10.2 Å². The molecule has 0 fully saturated rings. The molecule has 0 saturated carbocycles. The van der Waals surface area contributed by atoms with E-state index in [4.69, 9.17) is 0 Å². The Morgan fingerprint density at radius 2 is 1.97 bits per heavy atom. The van der Waals surface area contributed by atoms with Gasteiger partial charge in [-0.2, -0.15) is 0 Å². The van der Waals surface area contributed by atoms with Crippen LogP contribution in [0.2, 0.25) is 0 Å². The second-order valence-electron chi connectivity index (χ2n) is 7.60. The van der Waals surface area contributed by atoms with Gasteiger partial charge in [0.25, 0.3) is 0 Å². The number of benzene rings is 2. The molecule has 0 bridgehead atoms. The summed E-state index contributed by atoms with van der Waals surface area (Å²) < 4.78 is 2.02. The number of aryl methyl sites for hydroxylation is 4. The molecule has 8 heteroatoms. The van der Waals surface area contributed by atoms with Crippen LogP contribution in [-0.4, -0.2) is 42.9 Å². The quantitative estimate of drug-likeness (QED) is 0.324. The fraction of sp³-hybridized carbons (Fsp3) is 0.304. The third-order valence-corrected chi connectivity index (χ3v) is 6.01. The van der Waals surface area contributed by atoms with Crippen molar-refractivity contribution in [3.8, 4) is 5.69 Å². The van der Waals surface area contributed by atoms with Gasteiger partial charge in [0.2, 0.25) is 5.91 Å². The maximum atomic E-state index is 12.3. The fourth-order valence-corrected chi connectivity index (χ4v) is 4.28. The molecule has 160 valence electrons. The van der Waals surface area contributed by atoms with E-state index >= 15 is 0 Å². The Hall–Kier alpha value is -3.13. The third kappa shape index (κ3) is 4.96. The number of carbonyl (C=O) groups is 1. The lowest BCUT2D eigenvalue weighted by Gasteiger charge is -2.12. The highest BCUT2D eigenvalue weighted by Crippen LogP contribution is 2.24. The number of fused-ring (bicyclic) bond motifs is 1. The van der Waals surface area contributed by atoms with Crippen molar-refractivity contribution >= 4 is 28.7 Å². The van der Waals surface area contributed by atoms with Crippen LogP contribution in [0.25, 0.3) is 16.7 Å². The summed E-state index contributed by atoms with van der Waals surface area (Å²) in [4.78, 5) is 20.2. The van der Waals surface area contributed by atoms with E-state index in [-0.39, 0.29) is 5.91 Å². The van der Waals surface area contributed by atoms with Crippen molar-refractivity contribution in [1.82, 2.24) is 30.0 Å². The van der Waals surface area contributed by atoms with Crippen LogP contribution in [-0.2, 0) is 11.2 Å². The Bertz CT molecular complexity index is 1180. The second kappa shape index (κ2) is 9.34. The van der Waals surface area contributed by atoms with Crippen LogP contribution in [0.15, 0.2) is 47.6 Å². The minimum atomic E-state index is -0.0113. The van der Waals surface area contributed by atoms with Crippen molar-refractivity contribution in [1.29, 1.82) is 0 Å². The molecule has 0 unspecified atom stereocenters. The average Bonchev–Trinajstić information content (AvgIpc) is 3.34. The lowest BCUT2D eigenvalue weighted by atomic mass is 10.1. The summed E-state index contributed by atoms with van der Waals surface area (Å²) in [5.41, 5.74) is 5.39. The average molecular weight is 435 g/mol. The van der Waals surface area contributed by atoms with Crippen LogP contribution < -0.4 is 5.32 Å². The number of hydrogen-bond donors (Lipinski definition) is 2. The van der Waals surface area contributed by atoms with Crippen molar-refractivity contribution in [2.24, 2.45) is 0 Å². The zero-order valence-corrected chi connectivity index (χ0v) is 18.8. The first-order valence-electron chi connectivity index (χ1n) is 10.3. The largest absolute Gasteiger partial charge is 0.355 e. The van der Waals surface area contributed by atoms with Gasteiger partial charge in [0.05, 0.1) is 22.5 Å². The number of nitrogens with zero attached hydrogens (tertiary/aromatic N) is 4. The number of nitrogens with one attached hydrogen (secondary N) is 2. The first-order valence-corrected chi connectivity index (χ1v) is 11.3. The van der Waals surface area contributed by atoms with Crippen LogP contribution in [0.3, 0.4) is 0 Å². The Morgan fingerprint density at radius 3 is 2.81 bits per heavy atom. The molecule has 2 N–H and O–H groups in total. The van der Waals surface area contributed by atoms with E-state index in [1.165, 1.54) is 17.3 Å². The SMILES string of the molecule is Cc1ccc(C)c(-n2c(C)nnc2SCC(=O)NCCCc2nc3ccccc3[nH]2)c1. The van der Waals surface area contributed by atoms with Gasteiger partial charge in [0, 0.05) is 13.0 Å². The number of para-hydroxylation sites is 2. The normalized spacial score (nSPS) is 11.2. The van der Waals surface area contributed by atoms with Crippen LogP contribution in [0.1, 0.15) is 29.2 Å². The van der Waals surface area contributed by atoms with Crippen molar-refractivity contribution in [3.05, 3.63) is 65.2 Å². The van der Waals surface area contributed by atoms with Gasteiger partial charge in [-0.3, -0.25) is 9.36 Å². The molecule has 0 radical (unpaired) electrons. The molecule has 2 aromatic carbocycles. The van der Waals surface area contributed by atoms with E-state index < -0.39 is 0 Å². The molecular formula is C23H26N6OS. The summed E-state index contributed by atoms with van der Waals surface area (Å²) in [6.07, 6.45) is 1.62. The molecule has 1 amide bonds. The molecule has 7 nitrogen and oxygen atoms in total. The smallest absolute Gasteiger partial charge is 0.230 e. The van der Waals surface area contributed by atoms with E-state index in [9.17, 15) is 4.79 Å². The van der Waals surface area contributed by atoms with Crippen molar-refractivity contribution in [2.75, 3.05) is 12.3 Å². The van der Waals surface area contributed by atoms with Crippen molar-refractivity contribution in [3.63, 3.8) is 0 Å². The van der Waals surface area contributed by atoms with E-state index in [0.717, 1.165) is 51.9 Å². The predicted octanol–water partition coefficient (Wildman–Crippen LogP) is 3.91. The highest BCUT2D eigenvalue weighted by Gasteiger charge is 2.15. The number of thioether (sulfide) groups is 1. The van der Waals surface area contributed by atoms with Crippen LogP contribution in [0.4, 0.5) is 0 Å². The van der Waals surface area contributed by atoms with Gasteiger partial charge in [0.15, 0.2) is 5.16 Å². The Labute approximate surface area is 185 Å². The third-order valence-electron chi connectivity index (χ3n) is 5.08. The summed E-state index contributed by atoms with van der Waals surface area (Å²) in [5.74, 6) is 2.04. The Morgan fingerprint density at radius 1 is 1.13 bits per heavy atom. The molecule has 0 aliphatic heterocycles. The first kappa shape index (κ1) is 21.1. The van der Waals surface area contributed by atoms with E-state index in [2.05, 4.69) is 57.5 Å². The van der Waals surface area contributed by atoms with Gasteiger partial charge in [0.1, 0.15) is 11.6 Å². The molecule has 0 spiro atoms. The Kier molecular flexibility index (Phi) is 6.36. The summed E-state index contributed by atoms with van der Waals surface area (Å²) >= 11 is 1.40. The molecule has 4 aromatic rings. The monoisotopic (exact) mass is 434 g/mol. The number of aromatic nitrogens is 5. The minimum Gasteiger partial charge on any atom is -0.355 e. The van der Waals surface area contributed by atoms with Crippen LogP contribution in [0.5, 0.6) is 0 Å². The predicted molar refractivity (Wildman–Crippen MR) is 124 cm³/mol. The molecule has 0 saturated heterocycles. The number of carbonyl (C=O) groups excluding carboxylic acids is 1. The van der Waals surface area contributed by atoms with E-state index in [0.29, 0.717) is 12.3 Å². The number of H-pyrrole nitrogens is 1. The summed E-state index contributed by atoms with van der Waals surface area (Å²) in [6, 6.07) is 14.3. The van der Waals surface area contributed by atoms with Gasteiger partial charge < -0.3 is 10.3 Å². The number of imidazole rings is 1. The van der Waals surface area contributed by atoms with E-state index in [1.54, 1.807) is 0 Å².